The highest BCUT2D eigenvalue weighted by Crippen LogP contribution is 2.26. The first-order chi connectivity index (χ1) is 15.9. The number of hydrogen-bond donors (Lipinski definition) is 1. The number of rotatable bonds is 6. The molecule has 1 aliphatic rings. The van der Waals surface area contributed by atoms with Gasteiger partial charge in [-0.1, -0.05) is 50.2 Å². The minimum absolute atomic E-state index is 0.0784. The van der Waals surface area contributed by atoms with Crippen LogP contribution in [-0.4, -0.2) is 22.4 Å². The van der Waals surface area contributed by atoms with Crippen LogP contribution in [0.4, 0.5) is 10.5 Å². The molecule has 6 heteroatoms. The molecule has 4 amide bonds. The Labute approximate surface area is 193 Å². The Kier molecular flexibility index (Phi) is 6.27. The van der Waals surface area contributed by atoms with Crippen LogP contribution in [0.2, 0.25) is 0 Å². The maximum atomic E-state index is 13.2. The fourth-order valence-corrected chi connectivity index (χ4v) is 3.90. The van der Waals surface area contributed by atoms with Gasteiger partial charge >= 0.3 is 6.03 Å². The molecule has 2 heterocycles. The van der Waals surface area contributed by atoms with E-state index in [0.29, 0.717) is 23.8 Å². The van der Waals surface area contributed by atoms with Gasteiger partial charge < -0.3 is 4.57 Å². The van der Waals surface area contributed by atoms with Crippen molar-refractivity contribution in [3.05, 3.63) is 94.8 Å². The molecule has 1 atom stereocenters. The molecule has 0 radical (unpaired) electrons. The lowest BCUT2D eigenvalue weighted by Gasteiger charge is -2.26. The molecule has 168 valence electrons. The van der Waals surface area contributed by atoms with Gasteiger partial charge in [0.1, 0.15) is 5.57 Å². The second-order valence-corrected chi connectivity index (χ2v) is 8.35. The highest BCUT2D eigenvalue weighted by molar-refractivity contribution is 6.39. The first-order valence-electron chi connectivity index (χ1n) is 11.1. The maximum absolute atomic E-state index is 13.2. The number of aromatic nitrogens is 1. The smallest absolute Gasteiger partial charge is 0.335 e. The molecule has 0 bridgehead atoms. The molecule has 0 unspecified atom stereocenters. The number of nitrogens with one attached hydrogen (secondary N) is 1. The molecule has 1 aromatic heterocycles. The van der Waals surface area contributed by atoms with E-state index in [4.69, 9.17) is 0 Å². The van der Waals surface area contributed by atoms with Crippen LogP contribution in [0.3, 0.4) is 0 Å². The minimum Gasteiger partial charge on any atom is -0.344 e. The number of anilines is 1. The van der Waals surface area contributed by atoms with Crippen molar-refractivity contribution in [1.29, 1.82) is 0 Å². The van der Waals surface area contributed by atoms with Gasteiger partial charge in [0.05, 0.1) is 5.69 Å². The summed E-state index contributed by atoms with van der Waals surface area (Å²) in [6, 6.07) is 18.4. The van der Waals surface area contributed by atoms with E-state index in [2.05, 4.69) is 19.2 Å². The van der Waals surface area contributed by atoms with Crippen LogP contribution in [0.1, 0.15) is 48.6 Å². The van der Waals surface area contributed by atoms with E-state index in [9.17, 15) is 14.4 Å². The molecular formula is C27H27N3O3. The number of aryl methyl sites for hydroxylation is 1. The van der Waals surface area contributed by atoms with Gasteiger partial charge in [0.15, 0.2) is 0 Å². The fourth-order valence-electron chi connectivity index (χ4n) is 3.90. The van der Waals surface area contributed by atoms with Crippen molar-refractivity contribution < 1.29 is 14.4 Å². The van der Waals surface area contributed by atoms with Crippen molar-refractivity contribution in [1.82, 2.24) is 9.88 Å². The molecule has 6 nitrogen and oxygen atoms in total. The predicted octanol–water partition coefficient (Wildman–Crippen LogP) is 5.02. The van der Waals surface area contributed by atoms with E-state index in [1.165, 1.54) is 0 Å². The molecule has 0 aliphatic carbocycles. The van der Waals surface area contributed by atoms with Crippen molar-refractivity contribution in [3.8, 4) is 0 Å². The molecule has 4 rings (SSSR count). The molecule has 2 aromatic carbocycles. The summed E-state index contributed by atoms with van der Waals surface area (Å²) in [4.78, 5) is 39.3. The van der Waals surface area contributed by atoms with E-state index in [-0.39, 0.29) is 5.57 Å². The number of amides is 4. The molecule has 33 heavy (non-hydrogen) atoms. The van der Waals surface area contributed by atoms with Gasteiger partial charge in [0.25, 0.3) is 11.8 Å². The molecular weight excluding hydrogens is 414 g/mol. The van der Waals surface area contributed by atoms with Gasteiger partial charge in [-0.05, 0) is 66.3 Å². The highest BCUT2D eigenvalue weighted by Gasteiger charge is 2.37. The lowest BCUT2D eigenvalue weighted by molar-refractivity contribution is -0.122. The number of carbonyl (C=O) groups is 3. The number of hydrogen-bond acceptors (Lipinski definition) is 3. The van der Waals surface area contributed by atoms with Gasteiger partial charge in [-0.3, -0.25) is 14.9 Å². The summed E-state index contributed by atoms with van der Waals surface area (Å²) in [5.41, 5.74) is 4.49. The summed E-state index contributed by atoms with van der Waals surface area (Å²) in [5, 5.41) is 2.30. The number of barbiturate groups is 1. The predicted molar refractivity (Wildman–Crippen MR) is 129 cm³/mol. The van der Waals surface area contributed by atoms with Crippen molar-refractivity contribution in [2.75, 3.05) is 4.90 Å². The van der Waals surface area contributed by atoms with Gasteiger partial charge in [-0.15, -0.1) is 0 Å². The number of carbonyl (C=O) groups excluding carboxylic acids is 3. The SMILES string of the molecule is CC[C@H](C)c1ccc(N2C(=O)NC(=O)/C(=C\c3cccn3Cc3ccccc3C)C2=O)cc1. The van der Waals surface area contributed by atoms with E-state index < -0.39 is 17.8 Å². The zero-order valence-electron chi connectivity index (χ0n) is 19.0. The van der Waals surface area contributed by atoms with Crippen LogP contribution in [-0.2, 0) is 16.1 Å². The third-order valence-corrected chi connectivity index (χ3v) is 6.19. The van der Waals surface area contributed by atoms with Crippen LogP contribution in [0.5, 0.6) is 0 Å². The van der Waals surface area contributed by atoms with Crippen molar-refractivity contribution >= 4 is 29.6 Å². The molecule has 1 saturated heterocycles. The minimum atomic E-state index is -0.742. The third kappa shape index (κ3) is 4.51. The normalized spacial score (nSPS) is 16.3. The Balaban J connectivity index is 1.64. The fraction of sp³-hybridized carbons (Fsp3) is 0.222. The molecule has 1 aliphatic heterocycles. The van der Waals surface area contributed by atoms with Gasteiger partial charge in [0.2, 0.25) is 0 Å². The zero-order chi connectivity index (χ0) is 23.5. The van der Waals surface area contributed by atoms with Crippen LogP contribution in [0.15, 0.2) is 72.4 Å². The zero-order valence-corrected chi connectivity index (χ0v) is 19.0. The summed E-state index contributed by atoms with van der Waals surface area (Å²) in [7, 11) is 0. The van der Waals surface area contributed by atoms with E-state index in [0.717, 1.165) is 28.0 Å². The van der Waals surface area contributed by atoms with Crippen molar-refractivity contribution in [2.45, 2.75) is 39.7 Å². The Bertz CT molecular complexity index is 1240. The summed E-state index contributed by atoms with van der Waals surface area (Å²) >= 11 is 0. The van der Waals surface area contributed by atoms with Crippen molar-refractivity contribution in [2.24, 2.45) is 0 Å². The average molecular weight is 442 g/mol. The Hall–Kier alpha value is -3.93. The number of urea groups is 1. The molecule has 0 spiro atoms. The molecule has 1 fully saturated rings. The first-order valence-corrected chi connectivity index (χ1v) is 11.1. The Morgan fingerprint density at radius 2 is 1.70 bits per heavy atom. The third-order valence-electron chi connectivity index (χ3n) is 6.19. The first kappa shape index (κ1) is 22.3. The van der Waals surface area contributed by atoms with Gasteiger partial charge in [-0.25, -0.2) is 9.69 Å². The van der Waals surface area contributed by atoms with E-state index in [1.54, 1.807) is 18.2 Å². The monoisotopic (exact) mass is 441 g/mol. The van der Waals surface area contributed by atoms with Crippen LogP contribution in [0.25, 0.3) is 6.08 Å². The number of imide groups is 2. The summed E-state index contributed by atoms with van der Waals surface area (Å²) in [5.74, 6) is -0.951. The molecule has 1 N–H and O–H groups in total. The largest absolute Gasteiger partial charge is 0.344 e. The van der Waals surface area contributed by atoms with Crippen molar-refractivity contribution in [3.63, 3.8) is 0 Å². The Morgan fingerprint density at radius 3 is 2.39 bits per heavy atom. The second kappa shape index (κ2) is 9.28. The number of benzene rings is 2. The summed E-state index contributed by atoms with van der Waals surface area (Å²) in [6.45, 7) is 6.89. The topological polar surface area (TPSA) is 71.4 Å². The molecule has 0 saturated carbocycles. The van der Waals surface area contributed by atoms with Gasteiger partial charge in [-0.2, -0.15) is 0 Å². The Morgan fingerprint density at radius 1 is 0.970 bits per heavy atom. The quantitative estimate of drug-likeness (QED) is 0.431. The summed E-state index contributed by atoms with van der Waals surface area (Å²) < 4.78 is 1.97. The maximum Gasteiger partial charge on any atom is 0.335 e. The van der Waals surface area contributed by atoms with Crippen LogP contribution >= 0.6 is 0 Å². The van der Waals surface area contributed by atoms with Gasteiger partial charge in [0, 0.05) is 18.4 Å². The van der Waals surface area contributed by atoms with Crippen LogP contribution < -0.4 is 10.2 Å². The highest BCUT2D eigenvalue weighted by atomic mass is 16.2. The lowest BCUT2D eigenvalue weighted by atomic mass is 9.98. The van der Waals surface area contributed by atoms with Crippen LogP contribution in [0, 0.1) is 6.92 Å². The van der Waals surface area contributed by atoms with E-state index in [1.807, 2.05) is 66.2 Å². The molecule has 3 aromatic rings. The average Bonchev–Trinajstić information content (AvgIpc) is 3.24. The number of nitrogens with zero attached hydrogens (tertiary/aromatic N) is 2. The lowest BCUT2D eigenvalue weighted by Crippen LogP contribution is -2.54. The second-order valence-electron chi connectivity index (χ2n) is 8.35. The van der Waals surface area contributed by atoms with E-state index >= 15 is 0 Å². The standard InChI is InChI=1S/C27H27N3O3/c1-4-18(2)20-11-13-22(14-12-20)30-26(32)24(25(31)28-27(30)33)16-23-10-7-15-29(23)17-21-9-6-5-8-19(21)3/h5-16,18H,4,17H2,1-3H3,(H,28,31,33)/b24-16+/t18-/m0/s1. The summed E-state index contributed by atoms with van der Waals surface area (Å²) in [6.07, 6.45) is 4.44.